The van der Waals surface area contributed by atoms with E-state index < -0.39 is 0 Å². The summed E-state index contributed by atoms with van der Waals surface area (Å²) in [6, 6.07) is 0. The van der Waals surface area contributed by atoms with Crippen LogP contribution in [0.25, 0.3) is 0 Å². The average Bonchev–Trinajstić information content (AvgIpc) is 2.24. The molecule has 1 atom stereocenters. The molecule has 0 aromatic rings. The molecule has 0 spiro atoms. The molecule has 1 aliphatic rings. The second kappa shape index (κ2) is 6.80. The minimum Gasteiger partial charge on any atom is -0.388 e. The highest BCUT2D eigenvalue weighted by atomic mass is 16.5. The lowest BCUT2D eigenvalue weighted by Crippen LogP contribution is -2.42. The molecular weight excluding hydrogens is 190 g/mol. The summed E-state index contributed by atoms with van der Waals surface area (Å²) in [5.74, 6) is 0.309. The van der Waals surface area contributed by atoms with Crippen molar-refractivity contribution in [2.45, 2.75) is 38.7 Å². The topological polar surface area (TPSA) is 62.3 Å². The van der Waals surface area contributed by atoms with Crippen molar-refractivity contribution in [1.82, 2.24) is 4.90 Å². The van der Waals surface area contributed by atoms with Crippen molar-refractivity contribution in [1.29, 1.82) is 5.41 Å². The Morgan fingerprint density at radius 1 is 1.53 bits per heavy atom. The highest BCUT2D eigenvalue weighted by Crippen LogP contribution is 2.09. The number of nitrogens with one attached hydrogen (secondary N) is 1. The molecule has 1 aliphatic heterocycles. The first-order chi connectivity index (χ1) is 7.22. The standard InChI is InChI=1S/C11H23N3O/c1-2-10-9-14(7-8-15-10)6-4-3-5-11(12)13/h10H,2-9H2,1H3,(H3,12,13). The molecule has 0 aromatic heterocycles. The minimum absolute atomic E-state index is 0.309. The van der Waals surface area contributed by atoms with Crippen LogP contribution >= 0.6 is 0 Å². The Hall–Kier alpha value is -0.610. The van der Waals surface area contributed by atoms with Gasteiger partial charge in [0, 0.05) is 19.5 Å². The first-order valence-corrected chi connectivity index (χ1v) is 5.89. The minimum atomic E-state index is 0.309. The fourth-order valence-electron chi connectivity index (χ4n) is 1.88. The van der Waals surface area contributed by atoms with Gasteiger partial charge in [0.15, 0.2) is 0 Å². The molecule has 0 radical (unpaired) electrons. The van der Waals surface area contributed by atoms with Gasteiger partial charge in [0.2, 0.25) is 0 Å². The van der Waals surface area contributed by atoms with E-state index in [0.29, 0.717) is 11.9 Å². The van der Waals surface area contributed by atoms with Gasteiger partial charge in [0.05, 0.1) is 18.5 Å². The van der Waals surface area contributed by atoms with Gasteiger partial charge in [-0.2, -0.15) is 0 Å². The molecule has 4 heteroatoms. The van der Waals surface area contributed by atoms with Gasteiger partial charge in [0.1, 0.15) is 0 Å². The van der Waals surface area contributed by atoms with Crippen LogP contribution in [0.2, 0.25) is 0 Å². The highest BCUT2D eigenvalue weighted by molar-refractivity contribution is 5.76. The maximum atomic E-state index is 7.12. The van der Waals surface area contributed by atoms with Crippen LogP contribution in [0.1, 0.15) is 32.6 Å². The summed E-state index contributed by atoms with van der Waals surface area (Å²) in [6.45, 7) is 6.27. The predicted octanol–water partition coefficient (Wildman–Crippen LogP) is 1.20. The van der Waals surface area contributed by atoms with Crippen molar-refractivity contribution in [2.75, 3.05) is 26.2 Å². The van der Waals surface area contributed by atoms with Crippen LogP contribution in [0.5, 0.6) is 0 Å². The smallest absolute Gasteiger partial charge is 0.0905 e. The molecule has 1 unspecified atom stereocenters. The molecule has 15 heavy (non-hydrogen) atoms. The Bertz CT molecular complexity index is 196. The summed E-state index contributed by atoms with van der Waals surface area (Å²) < 4.78 is 5.61. The molecule has 1 fully saturated rings. The van der Waals surface area contributed by atoms with Gasteiger partial charge in [0.25, 0.3) is 0 Å². The van der Waals surface area contributed by atoms with Gasteiger partial charge in [-0.1, -0.05) is 6.92 Å². The zero-order valence-corrected chi connectivity index (χ0v) is 9.67. The van der Waals surface area contributed by atoms with Gasteiger partial charge in [-0.05, 0) is 25.8 Å². The van der Waals surface area contributed by atoms with E-state index in [1.54, 1.807) is 0 Å². The molecular formula is C11H23N3O. The Balaban J connectivity index is 2.07. The third-order valence-electron chi connectivity index (χ3n) is 2.85. The van der Waals surface area contributed by atoms with Gasteiger partial charge in [-0.3, -0.25) is 10.3 Å². The van der Waals surface area contributed by atoms with Crippen LogP contribution in [-0.4, -0.2) is 43.1 Å². The molecule has 88 valence electrons. The number of rotatable bonds is 6. The summed E-state index contributed by atoms with van der Waals surface area (Å²) in [5, 5.41) is 7.12. The molecule has 1 heterocycles. The molecule has 3 N–H and O–H groups in total. The number of unbranched alkanes of at least 4 members (excludes halogenated alkanes) is 1. The lowest BCUT2D eigenvalue weighted by atomic mass is 10.2. The summed E-state index contributed by atoms with van der Waals surface area (Å²) in [5.41, 5.74) is 5.30. The number of ether oxygens (including phenoxy) is 1. The Morgan fingerprint density at radius 2 is 2.33 bits per heavy atom. The quantitative estimate of drug-likeness (QED) is 0.396. The molecule has 0 amide bonds. The third kappa shape index (κ3) is 5.14. The van der Waals surface area contributed by atoms with E-state index in [1.807, 2.05) is 0 Å². The average molecular weight is 213 g/mol. The molecule has 0 aliphatic carbocycles. The second-order valence-electron chi connectivity index (χ2n) is 4.18. The van der Waals surface area contributed by atoms with Gasteiger partial charge < -0.3 is 10.5 Å². The SMILES string of the molecule is CCC1CN(CCCCC(=N)N)CCO1. The summed E-state index contributed by atoms with van der Waals surface area (Å²) in [6.07, 6.45) is 4.43. The molecule has 0 aromatic carbocycles. The van der Waals surface area contributed by atoms with E-state index >= 15 is 0 Å². The highest BCUT2D eigenvalue weighted by Gasteiger charge is 2.17. The van der Waals surface area contributed by atoms with Gasteiger partial charge in [-0.15, -0.1) is 0 Å². The van der Waals surface area contributed by atoms with E-state index in [0.717, 1.165) is 51.9 Å². The number of morpholine rings is 1. The largest absolute Gasteiger partial charge is 0.388 e. The molecule has 1 rings (SSSR count). The van der Waals surface area contributed by atoms with E-state index in [2.05, 4.69) is 11.8 Å². The Labute approximate surface area is 92.3 Å². The van der Waals surface area contributed by atoms with Crippen LogP contribution in [0.4, 0.5) is 0 Å². The van der Waals surface area contributed by atoms with Crippen molar-refractivity contribution >= 4 is 5.84 Å². The van der Waals surface area contributed by atoms with Crippen LogP contribution in [-0.2, 0) is 4.74 Å². The molecule has 4 nitrogen and oxygen atoms in total. The van der Waals surface area contributed by atoms with Crippen molar-refractivity contribution in [3.05, 3.63) is 0 Å². The Morgan fingerprint density at radius 3 is 3.00 bits per heavy atom. The number of nitrogens with zero attached hydrogens (tertiary/aromatic N) is 1. The monoisotopic (exact) mass is 213 g/mol. The van der Waals surface area contributed by atoms with Crippen molar-refractivity contribution in [2.24, 2.45) is 5.73 Å². The van der Waals surface area contributed by atoms with Gasteiger partial charge >= 0.3 is 0 Å². The zero-order chi connectivity index (χ0) is 11.1. The van der Waals surface area contributed by atoms with E-state index in [1.165, 1.54) is 0 Å². The number of nitrogens with two attached hydrogens (primary N) is 1. The molecule has 1 saturated heterocycles. The molecule has 0 saturated carbocycles. The third-order valence-corrected chi connectivity index (χ3v) is 2.85. The first kappa shape index (κ1) is 12.5. The summed E-state index contributed by atoms with van der Waals surface area (Å²) >= 11 is 0. The number of amidine groups is 1. The van der Waals surface area contributed by atoms with E-state index in [4.69, 9.17) is 15.9 Å². The summed E-state index contributed by atoms with van der Waals surface area (Å²) in [4.78, 5) is 2.46. The fraction of sp³-hybridized carbons (Fsp3) is 0.909. The fourth-order valence-corrected chi connectivity index (χ4v) is 1.88. The van der Waals surface area contributed by atoms with Crippen LogP contribution in [0.3, 0.4) is 0 Å². The van der Waals surface area contributed by atoms with Crippen molar-refractivity contribution in [3.8, 4) is 0 Å². The number of hydrogen-bond acceptors (Lipinski definition) is 3. The molecule has 0 bridgehead atoms. The van der Waals surface area contributed by atoms with Crippen molar-refractivity contribution < 1.29 is 4.74 Å². The first-order valence-electron chi connectivity index (χ1n) is 5.89. The second-order valence-corrected chi connectivity index (χ2v) is 4.18. The Kier molecular flexibility index (Phi) is 5.65. The lowest BCUT2D eigenvalue weighted by molar-refractivity contribution is -0.0299. The lowest BCUT2D eigenvalue weighted by Gasteiger charge is -2.32. The predicted molar refractivity (Wildman–Crippen MR) is 62.2 cm³/mol. The van der Waals surface area contributed by atoms with Crippen LogP contribution in [0.15, 0.2) is 0 Å². The maximum absolute atomic E-state index is 7.12. The maximum Gasteiger partial charge on any atom is 0.0905 e. The summed E-state index contributed by atoms with van der Waals surface area (Å²) in [7, 11) is 0. The van der Waals surface area contributed by atoms with E-state index in [9.17, 15) is 0 Å². The van der Waals surface area contributed by atoms with Crippen LogP contribution < -0.4 is 5.73 Å². The van der Waals surface area contributed by atoms with Crippen molar-refractivity contribution in [3.63, 3.8) is 0 Å². The van der Waals surface area contributed by atoms with Gasteiger partial charge in [-0.25, -0.2) is 0 Å². The van der Waals surface area contributed by atoms with E-state index in [-0.39, 0.29) is 0 Å². The number of hydrogen-bond donors (Lipinski definition) is 2. The van der Waals surface area contributed by atoms with Crippen LogP contribution in [0, 0.1) is 5.41 Å². The zero-order valence-electron chi connectivity index (χ0n) is 9.67. The normalized spacial score (nSPS) is 22.9.